The lowest BCUT2D eigenvalue weighted by atomic mass is 10.2. The van der Waals surface area contributed by atoms with Crippen LogP contribution in [0.3, 0.4) is 0 Å². The molecule has 0 bridgehead atoms. The summed E-state index contributed by atoms with van der Waals surface area (Å²) in [4.78, 5) is 6.97. The van der Waals surface area contributed by atoms with Gasteiger partial charge in [-0.05, 0) is 51.5 Å². The Hall–Kier alpha value is -0.830. The van der Waals surface area contributed by atoms with Crippen LogP contribution in [0.25, 0.3) is 0 Å². The summed E-state index contributed by atoms with van der Waals surface area (Å²) in [6.07, 6.45) is 2.68. The van der Waals surface area contributed by atoms with Gasteiger partial charge in [-0.25, -0.2) is 0 Å². The van der Waals surface area contributed by atoms with Crippen molar-refractivity contribution in [2.75, 3.05) is 39.9 Å². The lowest BCUT2D eigenvalue weighted by molar-refractivity contribution is 0.115. The summed E-state index contributed by atoms with van der Waals surface area (Å²) < 4.78 is 7.82. The quantitative estimate of drug-likeness (QED) is 0.244. The summed E-state index contributed by atoms with van der Waals surface area (Å²) in [7, 11) is 2.08. The van der Waals surface area contributed by atoms with Crippen LogP contribution in [-0.2, 0) is 11.3 Å². The highest BCUT2D eigenvalue weighted by Gasteiger charge is 2.21. The Bertz CT molecular complexity index is 556. The van der Waals surface area contributed by atoms with E-state index in [4.69, 9.17) is 9.73 Å². The minimum atomic E-state index is 0. The summed E-state index contributed by atoms with van der Waals surface area (Å²) in [6.45, 7) is 13.6. The van der Waals surface area contributed by atoms with Gasteiger partial charge in [-0.2, -0.15) is 5.10 Å². The van der Waals surface area contributed by atoms with E-state index in [0.29, 0.717) is 5.92 Å². The van der Waals surface area contributed by atoms with Gasteiger partial charge >= 0.3 is 0 Å². The molecule has 0 aliphatic heterocycles. The number of aromatic nitrogens is 2. The first-order valence-electron chi connectivity index (χ1n) is 9.57. The molecule has 1 saturated carbocycles. The topological polar surface area (TPSA) is 54.7 Å². The summed E-state index contributed by atoms with van der Waals surface area (Å²) in [5.41, 5.74) is 2.29. The molecule has 1 atom stereocenters. The van der Waals surface area contributed by atoms with E-state index < -0.39 is 0 Å². The second kappa shape index (κ2) is 11.8. The van der Waals surface area contributed by atoms with E-state index in [-0.39, 0.29) is 24.0 Å². The summed E-state index contributed by atoms with van der Waals surface area (Å²) in [6, 6.07) is 2.12. The van der Waals surface area contributed by atoms with Crippen LogP contribution in [0.2, 0.25) is 0 Å². The number of nitrogens with one attached hydrogen (secondary N) is 1. The maximum atomic E-state index is 5.74. The Morgan fingerprint density at radius 3 is 2.77 bits per heavy atom. The van der Waals surface area contributed by atoms with Crippen molar-refractivity contribution >= 4 is 29.9 Å². The zero-order valence-electron chi connectivity index (χ0n) is 17.0. The zero-order chi connectivity index (χ0) is 18.2. The van der Waals surface area contributed by atoms with Crippen LogP contribution in [0.1, 0.15) is 38.1 Å². The Morgan fingerprint density at radius 1 is 1.46 bits per heavy atom. The van der Waals surface area contributed by atoms with Gasteiger partial charge in [-0.15, -0.1) is 24.0 Å². The van der Waals surface area contributed by atoms with Crippen molar-refractivity contribution in [1.82, 2.24) is 20.0 Å². The highest BCUT2D eigenvalue weighted by molar-refractivity contribution is 14.0. The van der Waals surface area contributed by atoms with E-state index in [1.54, 1.807) is 0 Å². The van der Waals surface area contributed by atoms with Crippen molar-refractivity contribution < 1.29 is 4.74 Å². The summed E-state index contributed by atoms with van der Waals surface area (Å²) >= 11 is 0. The Kier molecular flexibility index (Phi) is 10.5. The molecule has 1 aromatic heterocycles. The first-order chi connectivity index (χ1) is 12.0. The van der Waals surface area contributed by atoms with Crippen LogP contribution >= 0.6 is 24.0 Å². The number of guanidine groups is 1. The van der Waals surface area contributed by atoms with E-state index in [0.717, 1.165) is 57.0 Å². The SMILES string of the molecule is CCNC(=NCC(C)Cn1nc(C)cc1C)N(C)CCOCC1CC1.I. The number of hydrogen-bond acceptors (Lipinski definition) is 3. The molecule has 1 heterocycles. The molecule has 2 rings (SSSR count). The second-order valence-electron chi connectivity index (χ2n) is 7.35. The summed E-state index contributed by atoms with van der Waals surface area (Å²) in [5, 5.41) is 7.92. The van der Waals surface area contributed by atoms with Gasteiger partial charge in [0.15, 0.2) is 5.96 Å². The van der Waals surface area contributed by atoms with Crippen molar-refractivity contribution in [3.05, 3.63) is 17.5 Å². The fourth-order valence-electron chi connectivity index (χ4n) is 2.77. The van der Waals surface area contributed by atoms with E-state index in [1.165, 1.54) is 18.5 Å². The fourth-order valence-corrected chi connectivity index (χ4v) is 2.77. The largest absolute Gasteiger partial charge is 0.379 e. The first-order valence-corrected chi connectivity index (χ1v) is 9.57. The van der Waals surface area contributed by atoms with Gasteiger partial charge in [-0.1, -0.05) is 6.92 Å². The van der Waals surface area contributed by atoms with Crippen LogP contribution in [0.5, 0.6) is 0 Å². The average molecular weight is 477 g/mol. The van der Waals surface area contributed by atoms with Gasteiger partial charge in [0.2, 0.25) is 0 Å². The van der Waals surface area contributed by atoms with Crippen LogP contribution in [0.15, 0.2) is 11.1 Å². The maximum absolute atomic E-state index is 5.74. The number of aryl methyl sites for hydroxylation is 2. The molecule has 0 radical (unpaired) electrons. The van der Waals surface area contributed by atoms with Gasteiger partial charge in [0.1, 0.15) is 0 Å². The van der Waals surface area contributed by atoms with E-state index >= 15 is 0 Å². The molecule has 0 saturated heterocycles. The molecule has 0 spiro atoms. The zero-order valence-corrected chi connectivity index (χ0v) is 19.3. The van der Waals surface area contributed by atoms with E-state index in [2.05, 4.69) is 53.9 Å². The standard InChI is InChI=1S/C19H35N5O.HI/c1-6-20-19(23(5)9-10-25-14-18-7-8-18)21-12-15(2)13-24-17(4)11-16(3)22-24;/h11,15,18H,6-10,12-14H2,1-5H3,(H,20,21);1H. The molecule has 1 aromatic rings. The molecule has 1 aliphatic carbocycles. The number of nitrogens with zero attached hydrogens (tertiary/aromatic N) is 4. The van der Waals surface area contributed by atoms with Crippen LogP contribution in [0, 0.1) is 25.7 Å². The highest BCUT2D eigenvalue weighted by atomic mass is 127. The lowest BCUT2D eigenvalue weighted by Gasteiger charge is -2.22. The minimum absolute atomic E-state index is 0. The van der Waals surface area contributed by atoms with E-state index in [9.17, 15) is 0 Å². The monoisotopic (exact) mass is 477 g/mol. The lowest BCUT2D eigenvalue weighted by Crippen LogP contribution is -2.41. The minimum Gasteiger partial charge on any atom is -0.379 e. The Morgan fingerprint density at radius 2 is 2.19 bits per heavy atom. The molecule has 0 amide bonds. The smallest absolute Gasteiger partial charge is 0.193 e. The second-order valence-corrected chi connectivity index (χ2v) is 7.35. The number of rotatable bonds is 10. The van der Waals surface area contributed by atoms with Crippen molar-refractivity contribution in [2.24, 2.45) is 16.8 Å². The van der Waals surface area contributed by atoms with Crippen molar-refractivity contribution in [2.45, 2.75) is 47.1 Å². The third-order valence-corrected chi connectivity index (χ3v) is 4.46. The molecule has 1 unspecified atom stereocenters. The van der Waals surface area contributed by atoms with Crippen LogP contribution in [0.4, 0.5) is 0 Å². The van der Waals surface area contributed by atoms with Crippen LogP contribution < -0.4 is 5.32 Å². The molecule has 6 nitrogen and oxygen atoms in total. The predicted octanol–water partition coefficient (Wildman–Crippen LogP) is 3.08. The third kappa shape index (κ3) is 8.24. The molecule has 1 aliphatic rings. The predicted molar refractivity (Wildman–Crippen MR) is 118 cm³/mol. The van der Waals surface area contributed by atoms with Gasteiger partial charge in [0.05, 0.1) is 12.3 Å². The maximum Gasteiger partial charge on any atom is 0.193 e. The van der Waals surface area contributed by atoms with Crippen molar-refractivity contribution in [3.63, 3.8) is 0 Å². The number of likely N-dealkylation sites (N-methyl/N-ethyl adjacent to an activating group) is 1. The third-order valence-electron chi connectivity index (χ3n) is 4.46. The molecule has 1 fully saturated rings. The fraction of sp³-hybridized carbons (Fsp3) is 0.789. The van der Waals surface area contributed by atoms with Gasteiger partial charge in [0.25, 0.3) is 0 Å². The Labute approximate surface area is 175 Å². The van der Waals surface area contributed by atoms with Gasteiger partial charge in [-0.3, -0.25) is 9.67 Å². The van der Waals surface area contributed by atoms with Crippen molar-refractivity contribution in [1.29, 1.82) is 0 Å². The molecule has 7 heteroatoms. The molecule has 1 N–H and O–H groups in total. The van der Waals surface area contributed by atoms with Gasteiger partial charge in [0, 0.05) is 45.5 Å². The number of hydrogen-bond donors (Lipinski definition) is 1. The number of aliphatic imine (C=N–C) groups is 1. The first kappa shape index (κ1) is 23.2. The molecule has 0 aromatic carbocycles. The summed E-state index contributed by atoms with van der Waals surface area (Å²) in [5.74, 6) is 2.21. The molecule has 150 valence electrons. The van der Waals surface area contributed by atoms with Crippen molar-refractivity contribution in [3.8, 4) is 0 Å². The molecular formula is C19H36IN5O. The molecule has 26 heavy (non-hydrogen) atoms. The average Bonchev–Trinajstić information content (AvgIpc) is 3.33. The number of ether oxygens (including phenoxy) is 1. The van der Waals surface area contributed by atoms with E-state index in [1.807, 2.05) is 6.92 Å². The molecular weight excluding hydrogens is 441 g/mol. The number of halogens is 1. The normalized spacial score (nSPS) is 15.5. The highest BCUT2D eigenvalue weighted by Crippen LogP contribution is 2.28. The van der Waals surface area contributed by atoms with Crippen LogP contribution in [-0.4, -0.2) is 60.5 Å². The Balaban J connectivity index is 0.00000338. The van der Waals surface area contributed by atoms with Gasteiger partial charge < -0.3 is 15.0 Å².